The molecule has 0 N–H and O–H groups in total. The van der Waals surface area contributed by atoms with Gasteiger partial charge in [0.25, 0.3) is 0 Å². The van der Waals surface area contributed by atoms with Crippen molar-refractivity contribution in [1.29, 1.82) is 0 Å². The van der Waals surface area contributed by atoms with Crippen LogP contribution in [0, 0.1) is 5.92 Å². The van der Waals surface area contributed by atoms with Gasteiger partial charge in [0.2, 0.25) is 0 Å². The third kappa shape index (κ3) is 1.60. The third-order valence-electron chi connectivity index (χ3n) is 3.09. The van der Waals surface area contributed by atoms with Gasteiger partial charge in [-0.2, -0.15) is 0 Å². The highest BCUT2D eigenvalue weighted by Gasteiger charge is 2.20. The Labute approximate surface area is 80.2 Å². The Kier molecular flexibility index (Phi) is 2.34. The normalized spacial score (nSPS) is 20.3. The van der Waals surface area contributed by atoms with Crippen molar-refractivity contribution in [2.75, 3.05) is 0 Å². The summed E-state index contributed by atoms with van der Waals surface area (Å²) in [6.07, 6.45) is 6.90. The van der Waals surface area contributed by atoms with Gasteiger partial charge in [-0.3, -0.25) is 4.98 Å². The second-order valence-corrected chi connectivity index (χ2v) is 3.99. The molecule has 1 heteroatoms. The van der Waals surface area contributed by atoms with Gasteiger partial charge in [0, 0.05) is 11.9 Å². The Hall–Kier alpha value is -0.850. The van der Waals surface area contributed by atoms with E-state index in [0.717, 1.165) is 12.3 Å². The first kappa shape index (κ1) is 8.74. The molecule has 1 unspecified atom stereocenters. The minimum Gasteiger partial charge on any atom is -0.261 e. The van der Waals surface area contributed by atoms with Crippen molar-refractivity contribution in [2.45, 2.75) is 39.5 Å². The molecule has 1 nitrogen and oxygen atoms in total. The van der Waals surface area contributed by atoms with E-state index >= 15 is 0 Å². The quantitative estimate of drug-likeness (QED) is 0.673. The van der Waals surface area contributed by atoms with Gasteiger partial charge in [-0.15, -0.1) is 0 Å². The largest absolute Gasteiger partial charge is 0.261 e. The predicted octanol–water partition coefficient (Wildman–Crippen LogP) is 2.77. The van der Waals surface area contributed by atoms with Gasteiger partial charge in [0.1, 0.15) is 0 Å². The Morgan fingerprint density at radius 1 is 1.38 bits per heavy atom. The maximum atomic E-state index is 4.53. The molecule has 1 atom stereocenters. The van der Waals surface area contributed by atoms with Gasteiger partial charge < -0.3 is 0 Å². The Morgan fingerprint density at radius 3 is 2.92 bits per heavy atom. The van der Waals surface area contributed by atoms with Crippen LogP contribution in [0.15, 0.2) is 12.3 Å². The number of hydrogen-bond acceptors (Lipinski definition) is 1. The van der Waals surface area contributed by atoms with Crippen LogP contribution in [-0.2, 0) is 19.3 Å². The number of fused-ring (bicyclic) bond motifs is 1. The molecule has 0 radical (unpaired) electrons. The van der Waals surface area contributed by atoms with Crippen LogP contribution in [0.4, 0.5) is 0 Å². The molecule has 0 saturated carbocycles. The van der Waals surface area contributed by atoms with Crippen LogP contribution < -0.4 is 0 Å². The van der Waals surface area contributed by atoms with Crippen molar-refractivity contribution in [1.82, 2.24) is 4.98 Å². The molecule has 70 valence electrons. The van der Waals surface area contributed by atoms with Crippen LogP contribution in [0.25, 0.3) is 0 Å². The third-order valence-corrected chi connectivity index (χ3v) is 3.09. The second kappa shape index (κ2) is 3.49. The maximum Gasteiger partial charge on any atom is 0.0438 e. The Bertz CT molecular complexity index is 304. The SMILES string of the molecule is CCc1cnc2c(c1)CC(CC)C2. The highest BCUT2D eigenvalue weighted by molar-refractivity contribution is 5.29. The van der Waals surface area contributed by atoms with Crippen molar-refractivity contribution in [3.05, 3.63) is 29.1 Å². The van der Waals surface area contributed by atoms with E-state index in [2.05, 4.69) is 24.9 Å². The molecule has 0 aliphatic heterocycles. The van der Waals surface area contributed by atoms with Gasteiger partial charge in [0.15, 0.2) is 0 Å². The number of aromatic nitrogens is 1. The first-order chi connectivity index (χ1) is 6.33. The summed E-state index contributed by atoms with van der Waals surface area (Å²) in [6, 6.07) is 2.35. The van der Waals surface area contributed by atoms with E-state index < -0.39 is 0 Å². The zero-order chi connectivity index (χ0) is 9.26. The number of pyridine rings is 1. The van der Waals surface area contributed by atoms with Crippen LogP contribution in [0.2, 0.25) is 0 Å². The van der Waals surface area contributed by atoms with Crippen molar-refractivity contribution in [3.63, 3.8) is 0 Å². The number of hydrogen-bond donors (Lipinski definition) is 0. The first-order valence-electron chi connectivity index (χ1n) is 5.30. The molecular weight excluding hydrogens is 158 g/mol. The molecule has 1 heterocycles. The van der Waals surface area contributed by atoms with Crippen LogP contribution in [0.1, 0.15) is 37.1 Å². The van der Waals surface area contributed by atoms with E-state index in [4.69, 9.17) is 0 Å². The fourth-order valence-electron chi connectivity index (χ4n) is 2.09. The smallest absolute Gasteiger partial charge is 0.0438 e. The van der Waals surface area contributed by atoms with Gasteiger partial charge >= 0.3 is 0 Å². The summed E-state index contributed by atoms with van der Waals surface area (Å²) in [7, 11) is 0. The summed E-state index contributed by atoms with van der Waals surface area (Å²) in [6.45, 7) is 4.47. The van der Waals surface area contributed by atoms with Gasteiger partial charge in [0.05, 0.1) is 0 Å². The zero-order valence-corrected chi connectivity index (χ0v) is 8.51. The zero-order valence-electron chi connectivity index (χ0n) is 8.51. The molecule has 0 saturated heterocycles. The molecular formula is C12H17N. The van der Waals surface area contributed by atoms with E-state index in [1.807, 2.05) is 6.20 Å². The molecule has 0 fully saturated rings. The molecule has 2 rings (SSSR count). The second-order valence-electron chi connectivity index (χ2n) is 3.99. The lowest BCUT2D eigenvalue weighted by Gasteiger charge is -2.01. The van der Waals surface area contributed by atoms with E-state index in [1.54, 1.807) is 0 Å². The average Bonchev–Trinajstić information content (AvgIpc) is 2.58. The fourth-order valence-corrected chi connectivity index (χ4v) is 2.09. The highest BCUT2D eigenvalue weighted by atomic mass is 14.7. The standard InChI is InChI=1S/C12H17N/c1-3-9-5-11-6-10(4-2)8-13-12(11)7-9/h6,8-9H,3-5,7H2,1-2H3. The van der Waals surface area contributed by atoms with E-state index in [9.17, 15) is 0 Å². The minimum atomic E-state index is 0.856. The van der Waals surface area contributed by atoms with Crippen molar-refractivity contribution in [2.24, 2.45) is 5.92 Å². The molecule has 0 aromatic carbocycles. The minimum absolute atomic E-state index is 0.856. The summed E-state index contributed by atoms with van der Waals surface area (Å²) in [5.41, 5.74) is 4.24. The van der Waals surface area contributed by atoms with Gasteiger partial charge in [-0.1, -0.05) is 26.3 Å². The Morgan fingerprint density at radius 2 is 2.23 bits per heavy atom. The van der Waals surface area contributed by atoms with Crippen molar-refractivity contribution in [3.8, 4) is 0 Å². The summed E-state index contributed by atoms with van der Waals surface area (Å²) < 4.78 is 0. The molecule has 1 aromatic rings. The molecule has 0 bridgehead atoms. The van der Waals surface area contributed by atoms with E-state index in [1.165, 1.54) is 36.1 Å². The Balaban J connectivity index is 2.25. The first-order valence-corrected chi connectivity index (χ1v) is 5.30. The van der Waals surface area contributed by atoms with Crippen LogP contribution >= 0.6 is 0 Å². The van der Waals surface area contributed by atoms with Crippen LogP contribution in [0.3, 0.4) is 0 Å². The molecule has 13 heavy (non-hydrogen) atoms. The summed E-state index contributed by atoms with van der Waals surface area (Å²) in [5.74, 6) is 0.856. The van der Waals surface area contributed by atoms with Gasteiger partial charge in [-0.25, -0.2) is 0 Å². The lowest BCUT2D eigenvalue weighted by atomic mass is 10.0. The van der Waals surface area contributed by atoms with E-state index in [-0.39, 0.29) is 0 Å². The molecule has 0 amide bonds. The maximum absolute atomic E-state index is 4.53. The number of nitrogens with zero attached hydrogens (tertiary/aromatic N) is 1. The van der Waals surface area contributed by atoms with Crippen molar-refractivity contribution >= 4 is 0 Å². The number of rotatable bonds is 2. The number of aryl methyl sites for hydroxylation is 1. The highest BCUT2D eigenvalue weighted by Crippen LogP contribution is 2.27. The summed E-state index contributed by atoms with van der Waals surface area (Å²) in [5, 5.41) is 0. The van der Waals surface area contributed by atoms with Gasteiger partial charge in [-0.05, 0) is 36.3 Å². The van der Waals surface area contributed by atoms with Crippen LogP contribution in [-0.4, -0.2) is 4.98 Å². The van der Waals surface area contributed by atoms with Crippen LogP contribution in [0.5, 0.6) is 0 Å². The molecule has 1 aliphatic carbocycles. The fraction of sp³-hybridized carbons (Fsp3) is 0.583. The average molecular weight is 175 g/mol. The molecule has 0 spiro atoms. The topological polar surface area (TPSA) is 12.9 Å². The summed E-state index contributed by atoms with van der Waals surface area (Å²) >= 11 is 0. The monoisotopic (exact) mass is 175 g/mol. The van der Waals surface area contributed by atoms with Crippen molar-refractivity contribution < 1.29 is 0 Å². The summed E-state index contributed by atoms with van der Waals surface area (Å²) in [4.78, 5) is 4.53. The lowest BCUT2D eigenvalue weighted by molar-refractivity contribution is 0.540. The van der Waals surface area contributed by atoms with E-state index in [0.29, 0.717) is 0 Å². The lowest BCUT2D eigenvalue weighted by Crippen LogP contribution is -1.95. The molecule has 1 aromatic heterocycles. The predicted molar refractivity (Wildman–Crippen MR) is 54.8 cm³/mol. The molecule has 1 aliphatic rings.